The predicted molar refractivity (Wildman–Crippen MR) is 57.4 cm³/mol. The van der Waals surface area contributed by atoms with Crippen LogP contribution in [0, 0.1) is 5.92 Å². The highest BCUT2D eigenvalue weighted by Crippen LogP contribution is 2.31. The Labute approximate surface area is 88.6 Å². The molecule has 1 aromatic carbocycles. The molecule has 0 saturated heterocycles. The molecule has 1 saturated carbocycles. The summed E-state index contributed by atoms with van der Waals surface area (Å²) in [6, 6.07) is 7.13. The van der Waals surface area contributed by atoms with Crippen LogP contribution in [0.3, 0.4) is 0 Å². The summed E-state index contributed by atoms with van der Waals surface area (Å²) in [5, 5.41) is 1.22. The van der Waals surface area contributed by atoms with Crippen LogP contribution in [0.2, 0.25) is 0 Å². The average molecular weight is 206 g/mol. The highest BCUT2D eigenvalue weighted by atomic mass is 16.5. The maximum atomic E-state index is 11.6. The van der Waals surface area contributed by atoms with Gasteiger partial charge in [0.05, 0.1) is 12.8 Å². The SMILES string of the molecule is COc1ccc(N(N)C(=O)C2CC2)cc1. The lowest BCUT2D eigenvalue weighted by atomic mass is 10.2. The molecule has 4 nitrogen and oxygen atoms in total. The Bertz CT molecular complexity index is 357. The second-order valence-electron chi connectivity index (χ2n) is 3.68. The number of nitrogens with zero attached hydrogens (tertiary/aromatic N) is 1. The number of ether oxygens (including phenoxy) is 1. The molecule has 1 aliphatic rings. The van der Waals surface area contributed by atoms with Gasteiger partial charge in [-0.05, 0) is 37.1 Å². The van der Waals surface area contributed by atoms with Crippen LogP contribution >= 0.6 is 0 Å². The first-order valence-electron chi connectivity index (χ1n) is 4.95. The van der Waals surface area contributed by atoms with E-state index in [4.69, 9.17) is 10.6 Å². The van der Waals surface area contributed by atoms with E-state index in [9.17, 15) is 4.79 Å². The van der Waals surface area contributed by atoms with Crippen LogP contribution in [0.15, 0.2) is 24.3 Å². The highest BCUT2D eigenvalue weighted by Gasteiger charge is 2.32. The summed E-state index contributed by atoms with van der Waals surface area (Å²) in [7, 11) is 1.60. The van der Waals surface area contributed by atoms with Crippen molar-refractivity contribution in [1.29, 1.82) is 0 Å². The van der Waals surface area contributed by atoms with Crippen LogP contribution in [-0.2, 0) is 4.79 Å². The first-order chi connectivity index (χ1) is 7.22. The van der Waals surface area contributed by atoms with Crippen molar-refractivity contribution in [3.05, 3.63) is 24.3 Å². The van der Waals surface area contributed by atoms with Crippen molar-refractivity contribution in [2.24, 2.45) is 11.8 Å². The van der Waals surface area contributed by atoms with Crippen molar-refractivity contribution in [2.45, 2.75) is 12.8 Å². The zero-order valence-electron chi connectivity index (χ0n) is 8.64. The quantitative estimate of drug-likeness (QED) is 0.461. The van der Waals surface area contributed by atoms with Crippen molar-refractivity contribution in [3.8, 4) is 5.75 Å². The molecule has 1 fully saturated rings. The molecule has 0 aliphatic heterocycles. The first-order valence-corrected chi connectivity index (χ1v) is 4.95. The molecule has 1 aromatic rings. The van der Waals surface area contributed by atoms with E-state index in [1.165, 1.54) is 5.01 Å². The number of carbonyl (C=O) groups excluding carboxylic acids is 1. The highest BCUT2D eigenvalue weighted by molar-refractivity contribution is 5.95. The summed E-state index contributed by atoms with van der Waals surface area (Å²) in [6.07, 6.45) is 1.92. The van der Waals surface area contributed by atoms with Gasteiger partial charge in [-0.2, -0.15) is 0 Å². The van der Waals surface area contributed by atoms with Crippen LogP contribution in [-0.4, -0.2) is 13.0 Å². The van der Waals surface area contributed by atoms with Gasteiger partial charge in [-0.15, -0.1) is 0 Å². The number of amides is 1. The second kappa shape index (κ2) is 3.90. The lowest BCUT2D eigenvalue weighted by Crippen LogP contribution is -2.38. The maximum absolute atomic E-state index is 11.6. The van der Waals surface area contributed by atoms with E-state index in [0.717, 1.165) is 18.6 Å². The molecule has 15 heavy (non-hydrogen) atoms. The lowest BCUT2D eigenvalue weighted by Gasteiger charge is -2.16. The number of hydrogen-bond donors (Lipinski definition) is 1. The Morgan fingerprint density at radius 2 is 2.00 bits per heavy atom. The molecule has 0 radical (unpaired) electrons. The molecule has 4 heteroatoms. The van der Waals surface area contributed by atoms with Crippen LogP contribution in [0.25, 0.3) is 0 Å². The van der Waals surface area contributed by atoms with Gasteiger partial charge in [-0.1, -0.05) is 0 Å². The van der Waals surface area contributed by atoms with Gasteiger partial charge in [-0.25, -0.2) is 10.9 Å². The minimum absolute atomic E-state index is 0.000154. The fraction of sp³-hybridized carbons (Fsp3) is 0.364. The number of nitrogens with two attached hydrogens (primary N) is 1. The molecule has 2 rings (SSSR count). The van der Waals surface area contributed by atoms with Crippen molar-refractivity contribution in [2.75, 3.05) is 12.1 Å². The topological polar surface area (TPSA) is 55.6 Å². The molecular formula is C11H14N2O2. The third-order valence-corrected chi connectivity index (χ3v) is 2.51. The molecule has 0 spiro atoms. The van der Waals surface area contributed by atoms with E-state index in [0.29, 0.717) is 5.69 Å². The zero-order chi connectivity index (χ0) is 10.8. The Morgan fingerprint density at radius 3 is 2.47 bits per heavy atom. The number of carbonyl (C=O) groups is 1. The Kier molecular flexibility index (Phi) is 2.60. The molecule has 0 aromatic heterocycles. The summed E-state index contributed by atoms with van der Waals surface area (Å²) < 4.78 is 5.02. The molecule has 2 N–H and O–H groups in total. The van der Waals surface area contributed by atoms with E-state index < -0.39 is 0 Å². The van der Waals surface area contributed by atoms with Crippen molar-refractivity contribution in [3.63, 3.8) is 0 Å². The fourth-order valence-electron chi connectivity index (χ4n) is 1.40. The number of hydrazine groups is 1. The number of rotatable bonds is 3. The summed E-state index contributed by atoms with van der Waals surface area (Å²) in [4.78, 5) is 11.6. The monoisotopic (exact) mass is 206 g/mol. The third-order valence-electron chi connectivity index (χ3n) is 2.51. The molecule has 0 heterocycles. The zero-order valence-corrected chi connectivity index (χ0v) is 8.64. The smallest absolute Gasteiger partial charge is 0.244 e. The summed E-state index contributed by atoms with van der Waals surface area (Å²) in [6.45, 7) is 0. The molecule has 1 amide bonds. The Balaban J connectivity index is 2.10. The predicted octanol–water partition coefficient (Wildman–Crippen LogP) is 1.31. The minimum atomic E-state index is 0.000154. The van der Waals surface area contributed by atoms with Crippen LogP contribution < -0.4 is 15.6 Å². The van der Waals surface area contributed by atoms with Gasteiger partial charge in [-0.3, -0.25) is 4.79 Å². The number of hydrogen-bond acceptors (Lipinski definition) is 3. The van der Waals surface area contributed by atoms with Gasteiger partial charge in [0.15, 0.2) is 0 Å². The number of anilines is 1. The summed E-state index contributed by atoms with van der Waals surface area (Å²) >= 11 is 0. The maximum Gasteiger partial charge on any atom is 0.244 e. The van der Waals surface area contributed by atoms with Gasteiger partial charge in [0.25, 0.3) is 0 Å². The van der Waals surface area contributed by atoms with E-state index >= 15 is 0 Å². The first kappa shape index (κ1) is 9.98. The van der Waals surface area contributed by atoms with Crippen molar-refractivity contribution < 1.29 is 9.53 Å². The lowest BCUT2D eigenvalue weighted by molar-refractivity contribution is -0.119. The second-order valence-corrected chi connectivity index (χ2v) is 3.68. The van der Waals surface area contributed by atoms with E-state index in [1.807, 2.05) is 0 Å². The standard InChI is InChI=1S/C11H14N2O2/c1-15-10-6-4-9(5-7-10)13(12)11(14)8-2-3-8/h4-8H,2-3,12H2,1H3. The number of benzene rings is 1. The van der Waals surface area contributed by atoms with Crippen LogP contribution in [0.4, 0.5) is 5.69 Å². The summed E-state index contributed by atoms with van der Waals surface area (Å²) in [5.41, 5.74) is 0.702. The third kappa shape index (κ3) is 2.10. The van der Waals surface area contributed by atoms with Gasteiger partial charge in [0.2, 0.25) is 5.91 Å². The van der Waals surface area contributed by atoms with E-state index in [1.54, 1.807) is 31.4 Å². The van der Waals surface area contributed by atoms with Gasteiger partial charge < -0.3 is 4.74 Å². The van der Waals surface area contributed by atoms with Gasteiger partial charge >= 0.3 is 0 Å². The normalized spacial score (nSPS) is 14.8. The molecule has 1 aliphatic carbocycles. The Hall–Kier alpha value is -1.55. The van der Waals surface area contributed by atoms with E-state index in [-0.39, 0.29) is 11.8 Å². The van der Waals surface area contributed by atoms with Crippen molar-refractivity contribution in [1.82, 2.24) is 0 Å². The average Bonchev–Trinajstić information content (AvgIpc) is 3.11. The molecule has 80 valence electrons. The van der Waals surface area contributed by atoms with E-state index in [2.05, 4.69) is 0 Å². The van der Waals surface area contributed by atoms with Crippen molar-refractivity contribution >= 4 is 11.6 Å². The minimum Gasteiger partial charge on any atom is -0.497 e. The van der Waals surface area contributed by atoms with Crippen LogP contribution in [0.5, 0.6) is 5.75 Å². The van der Waals surface area contributed by atoms with Gasteiger partial charge in [0.1, 0.15) is 5.75 Å². The fourth-order valence-corrected chi connectivity index (χ4v) is 1.40. The molecule has 0 atom stereocenters. The molecular weight excluding hydrogens is 192 g/mol. The molecule has 0 unspecified atom stereocenters. The number of methoxy groups -OCH3 is 1. The van der Waals surface area contributed by atoms with Crippen LogP contribution in [0.1, 0.15) is 12.8 Å². The molecule has 0 bridgehead atoms. The van der Waals surface area contributed by atoms with Gasteiger partial charge in [0, 0.05) is 5.92 Å². The Morgan fingerprint density at radius 1 is 1.40 bits per heavy atom. The largest absolute Gasteiger partial charge is 0.497 e. The summed E-state index contributed by atoms with van der Waals surface area (Å²) in [5.74, 6) is 6.61.